The van der Waals surface area contributed by atoms with Crippen LogP contribution in [0.4, 0.5) is 0 Å². The minimum absolute atomic E-state index is 0.0846. The van der Waals surface area contributed by atoms with Crippen LogP contribution in [0.2, 0.25) is 0 Å². The quantitative estimate of drug-likeness (QED) is 0.742. The topological polar surface area (TPSA) is 89.3 Å². The second kappa shape index (κ2) is 7.24. The molecule has 0 aromatic carbocycles. The molecule has 1 saturated carbocycles. The Hall–Kier alpha value is -0.620. The van der Waals surface area contributed by atoms with Crippen LogP contribution in [0.5, 0.6) is 0 Å². The summed E-state index contributed by atoms with van der Waals surface area (Å²) in [6.45, 7) is 3.74. The minimum Gasteiger partial charge on any atom is -0.368 e. The maximum atomic E-state index is 12.1. The van der Waals surface area contributed by atoms with Gasteiger partial charge in [-0.1, -0.05) is 39.5 Å². The van der Waals surface area contributed by atoms with Gasteiger partial charge < -0.3 is 5.73 Å². The van der Waals surface area contributed by atoms with E-state index in [9.17, 15) is 13.2 Å². The number of amides is 1. The molecule has 0 heterocycles. The fourth-order valence-electron chi connectivity index (χ4n) is 2.60. The Morgan fingerprint density at radius 2 is 1.89 bits per heavy atom. The molecule has 112 valence electrons. The first-order valence-electron chi connectivity index (χ1n) is 7.15. The normalized spacial score (nSPS) is 20.9. The number of carbonyl (C=O) groups excluding carboxylic acids is 1. The van der Waals surface area contributed by atoms with Crippen LogP contribution >= 0.6 is 0 Å². The van der Waals surface area contributed by atoms with E-state index in [4.69, 9.17) is 5.73 Å². The third-order valence-electron chi connectivity index (χ3n) is 4.01. The van der Waals surface area contributed by atoms with Crippen LogP contribution in [0.3, 0.4) is 0 Å². The van der Waals surface area contributed by atoms with Gasteiger partial charge in [-0.15, -0.1) is 0 Å². The summed E-state index contributed by atoms with van der Waals surface area (Å²) in [6, 6.07) is -0.793. The van der Waals surface area contributed by atoms with E-state index >= 15 is 0 Å². The average Bonchev–Trinajstić information content (AvgIpc) is 2.35. The Kier molecular flexibility index (Phi) is 6.26. The Labute approximate surface area is 116 Å². The van der Waals surface area contributed by atoms with Crippen molar-refractivity contribution in [3.8, 4) is 0 Å². The van der Waals surface area contributed by atoms with Gasteiger partial charge in [-0.3, -0.25) is 4.79 Å². The molecule has 1 amide bonds. The van der Waals surface area contributed by atoms with Crippen LogP contribution in [-0.2, 0) is 14.8 Å². The molecule has 19 heavy (non-hydrogen) atoms. The van der Waals surface area contributed by atoms with Gasteiger partial charge in [0.25, 0.3) is 0 Å². The highest BCUT2D eigenvalue weighted by Gasteiger charge is 2.29. The number of sulfonamides is 1. The first-order valence-corrected chi connectivity index (χ1v) is 8.80. The number of primary amides is 1. The number of carbonyl (C=O) groups is 1. The predicted molar refractivity (Wildman–Crippen MR) is 75.9 cm³/mol. The molecule has 5 nitrogen and oxygen atoms in total. The smallest absolute Gasteiger partial charge is 0.235 e. The third-order valence-corrected chi connectivity index (χ3v) is 5.53. The average molecular weight is 290 g/mol. The van der Waals surface area contributed by atoms with Crippen LogP contribution in [-0.4, -0.2) is 26.1 Å². The molecule has 0 spiro atoms. The number of rotatable bonds is 7. The van der Waals surface area contributed by atoms with Crippen molar-refractivity contribution in [3.05, 3.63) is 0 Å². The largest absolute Gasteiger partial charge is 0.368 e. The molecule has 0 aromatic heterocycles. The van der Waals surface area contributed by atoms with Crippen molar-refractivity contribution in [1.82, 2.24) is 4.72 Å². The predicted octanol–water partition coefficient (Wildman–Crippen LogP) is 1.39. The second-order valence-corrected chi connectivity index (χ2v) is 7.47. The fraction of sp³-hybridized carbons (Fsp3) is 0.923. The molecule has 0 unspecified atom stereocenters. The number of hydrogen-bond donors (Lipinski definition) is 2. The lowest BCUT2D eigenvalue weighted by Crippen LogP contribution is -2.49. The fourth-order valence-corrected chi connectivity index (χ4v) is 4.38. The van der Waals surface area contributed by atoms with Crippen molar-refractivity contribution in [3.63, 3.8) is 0 Å². The lowest BCUT2D eigenvalue weighted by atomic mass is 9.91. The van der Waals surface area contributed by atoms with Crippen molar-refractivity contribution >= 4 is 15.9 Å². The summed E-state index contributed by atoms with van der Waals surface area (Å²) in [5.41, 5.74) is 5.29. The molecule has 0 aliphatic heterocycles. The van der Waals surface area contributed by atoms with E-state index in [1.165, 1.54) is 6.42 Å². The molecule has 0 aromatic rings. The molecule has 0 saturated heterocycles. The monoisotopic (exact) mass is 290 g/mol. The van der Waals surface area contributed by atoms with E-state index in [1.807, 2.05) is 13.8 Å². The second-order valence-electron chi connectivity index (χ2n) is 5.67. The van der Waals surface area contributed by atoms with E-state index in [-0.39, 0.29) is 17.6 Å². The number of hydrogen-bond acceptors (Lipinski definition) is 3. The van der Waals surface area contributed by atoms with Crippen LogP contribution in [0, 0.1) is 11.8 Å². The molecule has 1 rings (SSSR count). The van der Waals surface area contributed by atoms with Crippen molar-refractivity contribution in [1.29, 1.82) is 0 Å². The van der Waals surface area contributed by atoms with Gasteiger partial charge in [0.2, 0.25) is 15.9 Å². The molecule has 2 atom stereocenters. The minimum atomic E-state index is -3.43. The van der Waals surface area contributed by atoms with E-state index in [2.05, 4.69) is 4.72 Å². The summed E-state index contributed by atoms with van der Waals surface area (Å²) < 4.78 is 26.7. The first kappa shape index (κ1) is 16.4. The highest BCUT2D eigenvalue weighted by molar-refractivity contribution is 7.89. The van der Waals surface area contributed by atoms with E-state index < -0.39 is 22.0 Å². The number of nitrogens with one attached hydrogen (secondary N) is 1. The summed E-state index contributed by atoms with van der Waals surface area (Å²) in [4.78, 5) is 11.4. The lowest BCUT2D eigenvalue weighted by molar-refractivity contribution is -0.120. The van der Waals surface area contributed by atoms with Crippen molar-refractivity contribution in [2.45, 2.75) is 58.4 Å². The van der Waals surface area contributed by atoms with Gasteiger partial charge in [0.1, 0.15) is 6.04 Å². The summed E-state index contributed by atoms with van der Waals surface area (Å²) in [5, 5.41) is 0. The van der Waals surface area contributed by atoms with Gasteiger partial charge in [0, 0.05) is 0 Å². The Morgan fingerprint density at radius 1 is 1.32 bits per heavy atom. The maximum absolute atomic E-state index is 12.1. The highest BCUT2D eigenvalue weighted by Crippen LogP contribution is 2.24. The number of nitrogens with two attached hydrogens (primary N) is 1. The molecule has 6 heteroatoms. The van der Waals surface area contributed by atoms with Gasteiger partial charge in [-0.25, -0.2) is 13.1 Å². The van der Waals surface area contributed by atoms with Gasteiger partial charge in [-0.05, 0) is 24.7 Å². The van der Waals surface area contributed by atoms with Crippen LogP contribution in [0.25, 0.3) is 0 Å². The zero-order chi connectivity index (χ0) is 14.5. The van der Waals surface area contributed by atoms with Crippen molar-refractivity contribution < 1.29 is 13.2 Å². The summed E-state index contributed by atoms with van der Waals surface area (Å²) in [7, 11) is -3.43. The first-order chi connectivity index (χ1) is 8.85. The van der Waals surface area contributed by atoms with E-state index in [0.717, 1.165) is 25.7 Å². The molecule has 0 radical (unpaired) electrons. The standard InChI is InChI=1S/C13H26N2O3S/c1-3-10(2)12(13(14)16)15-19(17,18)9-11-7-5-4-6-8-11/h10-12,15H,3-9H2,1-2H3,(H2,14,16)/t10-,12+/m1/s1. The van der Waals surface area contributed by atoms with Gasteiger partial charge in [-0.2, -0.15) is 0 Å². The molecule has 0 bridgehead atoms. The zero-order valence-electron chi connectivity index (χ0n) is 11.9. The Bertz CT molecular complexity index is 389. The van der Waals surface area contributed by atoms with Crippen LogP contribution in [0.1, 0.15) is 52.4 Å². The molecular weight excluding hydrogens is 264 g/mol. The summed E-state index contributed by atoms with van der Waals surface area (Å²) in [5.74, 6) is -0.343. The zero-order valence-corrected chi connectivity index (χ0v) is 12.7. The van der Waals surface area contributed by atoms with Crippen LogP contribution < -0.4 is 10.5 Å². The summed E-state index contributed by atoms with van der Waals surface area (Å²) in [6.07, 6.45) is 6.03. The molecule has 1 aliphatic rings. The Morgan fingerprint density at radius 3 is 2.37 bits per heavy atom. The van der Waals surface area contributed by atoms with Crippen molar-refractivity contribution in [2.24, 2.45) is 17.6 Å². The van der Waals surface area contributed by atoms with Crippen LogP contribution in [0.15, 0.2) is 0 Å². The van der Waals surface area contributed by atoms with E-state index in [0.29, 0.717) is 6.42 Å². The molecule has 1 aliphatic carbocycles. The summed E-state index contributed by atoms with van der Waals surface area (Å²) >= 11 is 0. The Balaban J connectivity index is 2.62. The third kappa shape index (κ3) is 5.48. The van der Waals surface area contributed by atoms with Gasteiger partial charge in [0.15, 0.2) is 0 Å². The molecule has 3 N–H and O–H groups in total. The molecular formula is C13H26N2O3S. The van der Waals surface area contributed by atoms with E-state index in [1.54, 1.807) is 0 Å². The molecule has 1 fully saturated rings. The highest BCUT2D eigenvalue weighted by atomic mass is 32.2. The SMILES string of the molecule is CC[C@@H](C)[C@H](NS(=O)(=O)CC1CCCCC1)C(N)=O. The van der Waals surface area contributed by atoms with Gasteiger partial charge >= 0.3 is 0 Å². The van der Waals surface area contributed by atoms with Gasteiger partial charge in [0.05, 0.1) is 5.75 Å². The van der Waals surface area contributed by atoms with Crippen molar-refractivity contribution in [2.75, 3.05) is 5.75 Å². The maximum Gasteiger partial charge on any atom is 0.235 e. The lowest BCUT2D eigenvalue weighted by Gasteiger charge is -2.25.